The topological polar surface area (TPSA) is 57.7 Å². The number of nitrogens with zero attached hydrogens (tertiary/aromatic N) is 2. The van der Waals surface area contributed by atoms with Crippen molar-refractivity contribution in [1.29, 1.82) is 0 Å². The number of halogens is 3. The van der Waals surface area contributed by atoms with Crippen LogP contribution < -0.4 is 0 Å². The standard InChI is InChI=1S/C13H21F3N2O3S/c1-22(20,21)17-8-5-10(6-9-17)12(19)18-7-3-2-4-11(18)13(14,15)16/h10-11H,2-9H2,1H3. The van der Waals surface area contributed by atoms with E-state index in [-0.39, 0.29) is 38.9 Å². The summed E-state index contributed by atoms with van der Waals surface area (Å²) in [6.45, 7) is 0.523. The van der Waals surface area contributed by atoms with E-state index in [1.165, 1.54) is 4.31 Å². The van der Waals surface area contributed by atoms with Crippen LogP contribution in [0.15, 0.2) is 0 Å². The summed E-state index contributed by atoms with van der Waals surface area (Å²) in [6.07, 6.45) is -1.72. The first kappa shape index (κ1) is 17.5. The van der Waals surface area contributed by atoms with Crippen LogP contribution in [0.5, 0.6) is 0 Å². The van der Waals surface area contributed by atoms with Crippen molar-refractivity contribution in [2.45, 2.75) is 44.3 Å². The quantitative estimate of drug-likeness (QED) is 0.766. The molecule has 1 unspecified atom stereocenters. The van der Waals surface area contributed by atoms with E-state index in [0.29, 0.717) is 12.8 Å². The number of carbonyl (C=O) groups is 1. The molecule has 9 heteroatoms. The fourth-order valence-electron chi connectivity index (χ4n) is 3.20. The highest BCUT2D eigenvalue weighted by atomic mass is 32.2. The average molecular weight is 342 g/mol. The second-order valence-electron chi connectivity index (χ2n) is 6.02. The molecule has 0 aromatic carbocycles. The molecule has 2 aliphatic rings. The molecule has 0 aromatic heterocycles. The first-order chi connectivity index (χ1) is 10.1. The second kappa shape index (κ2) is 6.35. The van der Waals surface area contributed by atoms with E-state index in [1.807, 2.05) is 0 Å². The number of carbonyl (C=O) groups excluding carboxylic acids is 1. The predicted molar refractivity (Wildman–Crippen MR) is 74.5 cm³/mol. The Morgan fingerprint density at radius 1 is 1.05 bits per heavy atom. The Balaban J connectivity index is 2.02. The molecule has 1 atom stereocenters. The van der Waals surface area contributed by atoms with Gasteiger partial charge in [0.1, 0.15) is 6.04 Å². The Labute approximate surface area is 128 Å². The van der Waals surface area contributed by atoms with Gasteiger partial charge in [-0.15, -0.1) is 0 Å². The molecule has 5 nitrogen and oxygen atoms in total. The van der Waals surface area contributed by atoms with Gasteiger partial charge < -0.3 is 4.90 Å². The molecule has 0 aromatic rings. The summed E-state index contributed by atoms with van der Waals surface area (Å²) in [5, 5.41) is 0. The predicted octanol–water partition coefficient (Wildman–Crippen LogP) is 1.60. The lowest BCUT2D eigenvalue weighted by Gasteiger charge is -2.40. The number of hydrogen-bond donors (Lipinski definition) is 0. The third kappa shape index (κ3) is 3.92. The number of amides is 1. The molecular formula is C13H21F3N2O3S. The van der Waals surface area contributed by atoms with Gasteiger partial charge in [0.05, 0.1) is 6.26 Å². The molecule has 0 spiro atoms. The highest BCUT2D eigenvalue weighted by Crippen LogP contribution is 2.34. The zero-order chi connectivity index (χ0) is 16.5. The summed E-state index contributed by atoms with van der Waals surface area (Å²) in [5.41, 5.74) is 0. The first-order valence-electron chi connectivity index (χ1n) is 7.43. The molecule has 22 heavy (non-hydrogen) atoms. The van der Waals surface area contributed by atoms with Gasteiger partial charge in [0.15, 0.2) is 0 Å². The molecule has 0 saturated carbocycles. The van der Waals surface area contributed by atoms with Crippen molar-refractivity contribution in [3.8, 4) is 0 Å². The van der Waals surface area contributed by atoms with Crippen LogP contribution in [0.25, 0.3) is 0 Å². The smallest absolute Gasteiger partial charge is 0.330 e. The summed E-state index contributed by atoms with van der Waals surface area (Å²) >= 11 is 0. The number of likely N-dealkylation sites (tertiary alicyclic amines) is 1. The van der Waals surface area contributed by atoms with Gasteiger partial charge in [-0.05, 0) is 32.1 Å². The maximum absolute atomic E-state index is 13.1. The van der Waals surface area contributed by atoms with Crippen molar-refractivity contribution in [2.24, 2.45) is 5.92 Å². The lowest BCUT2D eigenvalue weighted by Crippen LogP contribution is -2.54. The third-order valence-electron chi connectivity index (χ3n) is 4.44. The fourth-order valence-corrected chi connectivity index (χ4v) is 4.08. The summed E-state index contributed by atoms with van der Waals surface area (Å²) in [5.74, 6) is -0.990. The first-order valence-corrected chi connectivity index (χ1v) is 9.28. The molecule has 0 radical (unpaired) electrons. The zero-order valence-corrected chi connectivity index (χ0v) is 13.3. The van der Waals surface area contributed by atoms with Crippen LogP contribution in [0.3, 0.4) is 0 Å². The van der Waals surface area contributed by atoms with Gasteiger partial charge in [0.25, 0.3) is 0 Å². The Morgan fingerprint density at radius 3 is 2.14 bits per heavy atom. The number of alkyl halides is 3. The van der Waals surface area contributed by atoms with Gasteiger partial charge in [0.2, 0.25) is 15.9 Å². The Hall–Kier alpha value is -0.830. The average Bonchev–Trinajstić information content (AvgIpc) is 2.45. The van der Waals surface area contributed by atoms with Crippen molar-refractivity contribution < 1.29 is 26.4 Å². The highest BCUT2D eigenvalue weighted by Gasteiger charge is 2.47. The van der Waals surface area contributed by atoms with Gasteiger partial charge in [-0.2, -0.15) is 13.2 Å². The van der Waals surface area contributed by atoms with Crippen LogP contribution in [0.2, 0.25) is 0 Å². The minimum absolute atomic E-state index is 0.0442. The van der Waals surface area contributed by atoms with Crippen LogP contribution in [-0.2, 0) is 14.8 Å². The van der Waals surface area contributed by atoms with E-state index >= 15 is 0 Å². The zero-order valence-electron chi connectivity index (χ0n) is 12.5. The van der Waals surface area contributed by atoms with Crippen LogP contribution >= 0.6 is 0 Å². The van der Waals surface area contributed by atoms with Crippen molar-refractivity contribution >= 4 is 15.9 Å². The third-order valence-corrected chi connectivity index (χ3v) is 5.74. The minimum atomic E-state index is -4.40. The summed E-state index contributed by atoms with van der Waals surface area (Å²) in [4.78, 5) is 13.4. The maximum Gasteiger partial charge on any atom is 0.408 e. The van der Waals surface area contributed by atoms with Crippen molar-refractivity contribution in [3.63, 3.8) is 0 Å². The summed E-state index contributed by atoms with van der Waals surface area (Å²) in [6, 6.07) is -1.69. The number of hydrogen-bond acceptors (Lipinski definition) is 3. The van der Waals surface area contributed by atoms with Crippen LogP contribution in [0, 0.1) is 5.92 Å². The normalized spacial score (nSPS) is 26.2. The minimum Gasteiger partial charge on any atom is -0.330 e. The Morgan fingerprint density at radius 2 is 1.64 bits per heavy atom. The van der Waals surface area contributed by atoms with Gasteiger partial charge >= 0.3 is 6.18 Å². The van der Waals surface area contributed by atoms with E-state index in [4.69, 9.17) is 0 Å². The lowest BCUT2D eigenvalue weighted by molar-refractivity contribution is -0.198. The van der Waals surface area contributed by atoms with Gasteiger partial charge in [-0.3, -0.25) is 4.79 Å². The van der Waals surface area contributed by atoms with Crippen LogP contribution in [0.1, 0.15) is 32.1 Å². The molecule has 2 rings (SSSR count). The van der Waals surface area contributed by atoms with E-state index in [2.05, 4.69) is 0 Å². The number of sulfonamides is 1. The van der Waals surface area contributed by atoms with E-state index < -0.39 is 34.1 Å². The summed E-state index contributed by atoms with van der Waals surface area (Å²) in [7, 11) is -3.31. The van der Waals surface area contributed by atoms with Crippen LogP contribution in [-0.4, -0.2) is 61.6 Å². The molecule has 2 fully saturated rings. The SMILES string of the molecule is CS(=O)(=O)N1CCC(C(=O)N2CCCCC2C(F)(F)F)CC1. The number of rotatable bonds is 2. The van der Waals surface area contributed by atoms with Crippen LogP contribution in [0.4, 0.5) is 13.2 Å². The molecule has 128 valence electrons. The van der Waals surface area contributed by atoms with E-state index in [9.17, 15) is 26.4 Å². The van der Waals surface area contributed by atoms with Crippen molar-refractivity contribution in [1.82, 2.24) is 9.21 Å². The molecule has 0 aliphatic carbocycles. The molecule has 0 N–H and O–H groups in total. The Kier molecular flexibility index (Phi) is 5.06. The van der Waals surface area contributed by atoms with Crippen molar-refractivity contribution in [2.75, 3.05) is 25.9 Å². The Bertz CT molecular complexity index is 513. The number of piperidine rings is 2. The van der Waals surface area contributed by atoms with Gasteiger partial charge in [-0.25, -0.2) is 12.7 Å². The molecule has 2 heterocycles. The highest BCUT2D eigenvalue weighted by molar-refractivity contribution is 7.88. The molecule has 2 saturated heterocycles. The molecule has 2 aliphatic heterocycles. The molecular weight excluding hydrogens is 321 g/mol. The largest absolute Gasteiger partial charge is 0.408 e. The second-order valence-corrected chi connectivity index (χ2v) is 8.00. The van der Waals surface area contributed by atoms with Gasteiger partial charge in [-0.1, -0.05) is 0 Å². The monoisotopic (exact) mass is 342 g/mol. The van der Waals surface area contributed by atoms with Gasteiger partial charge in [0, 0.05) is 25.6 Å². The van der Waals surface area contributed by atoms with E-state index in [0.717, 1.165) is 11.2 Å². The van der Waals surface area contributed by atoms with E-state index in [1.54, 1.807) is 0 Å². The van der Waals surface area contributed by atoms with Crippen molar-refractivity contribution in [3.05, 3.63) is 0 Å². The molecule has 1 amide bonds. The maximum atomic E-state index is 13.1. The lowest BCUT2D eigenvalue weighted by atomic mass is 9.93. The summed E-state index contributed by atoms with van der Waals surface area (Å²) < 4.78 is 63.3. The molecule has 0 bridgehead atoms. The fraction of sp³-hybridized carbons (Fsp3) is 0.923.